The molecule has 2 fully saturated rings. The smallest absolute Gasteiger partial charge is 0.323 e. The minimum atomic E-state index is -1.02. The van der Waals surface area contributed by atoms with Gasteiger partial charge < -0.3 is 10.1 Å². The third-order valence-corrected chi connectivity index (χ3v) is 5.90. The Hall–Kier alpha value is -1.24. The molecule has 0 aromatic heterocycles. The first-order valence-electron chi connectivity index (χ1n) is 10.00. The molecule has 1 aromatic rings. The van der Waals surface area contributed by atoms with Gasteiger partial charge in [0.1, 0.15) is 11.6 Å². The maximum atomic E-state index is 14.5. The van der Waals surface area contributed by atoms with Gasteiger partial charge in [-0.15, -0.1) is 0 Å². The van der Waals surface area contributed by atoms with Crippen LogP contribution in [-0.2, 0) is 9.53 Å². The molecule has 28 heavy (non-hydrogen) atoms. The Morgan fingerprint density at radius 2 is 1.86 bits per heavy atom. The van der Waals surface area contributed by atoms with E-state index in [2.05, 4.69) is 10.2 Å². The molecule has 0 bridgehead atoms. The summed E-state index contributed by atoms with van der Waals surface area (Å²) in [5, 5.41) is 3.12. The topological polar surface area (TPSA) is 41.6 Å². The number of benzene rings is 1. The number of piperidine rings is 2. The summed E-state index contributed by atoms with van der Waals surface area (Å²) in [4.78, 5) is 15.2. The van der Waals surface area contributed by atoms with Gasteiger partial charge in [0.25, 0.3) is 0 Å². The molecule has 3 rings (SSSR count). The molecule has 7 heteroatoms. The first-order chi connectivity index (χ1) is 13.2. The highest BCUT2D eigenvalue weighted by Gasteiger charge is 2.40. The van der Waals surface area contributed by atoms with E-state index >= 15 is 0 Å². The largest absolute Gasteiger partial charge is 0.459 e. The molecular weight excluding hydrogens is 386 g/mol. The van der Waals surface area contributed by atoms with Gasteiger partial charge in [-0.2, -0.15) is 0 Å². The maximum absolute atomic E-state index is 14.5. The van der Waals surface area contributed by atoms with Gasteiger partial charge in [0, 0.05) is 6.04 Å². The molecule has 156 valence electrons. The standard InChI is InChI=1S/C21H29ClF2N2O2/c1-21(2,3)28-20(27)17-12-13(15-4-5-16(22)19(24)18(15)23)8-11-26(17)14-6-9-25-10-7-14/h4-5,13-14,17,25H,6-12H2,1-3H3. The van der Waals surface area contributed by atoms with Crippen LogP contribution >= 0.6 is 11.6 Å². The summed E-state index contributed by atoms with van der Waals surface area (Å²) >= 11 is 5.70. The minimum Gasteiger partial charge on any atom is -0.459 e. The molecule has 2 heterocycles. The highest BCUT2D eigenvalue weighted by Crippen LogP contribution is 2.37. The Kier molecular flexibility index (Phi) is 6.62. The highest BCUT2D eigenvalue weighted by molar-refractivity contribution is 6.30. The summed E-state index contributed by atoms with van der Waals surface area (Å²) in [6, 6.07) is 2.76. The number of esters is 1. The van der Waals surface area contributed by atoms with Gasteiger partial charge >= 0.3 is 5.97 Å². The number of carbonyl (C=O) groups is 1. The van der Waals surface area contributed by atoms with Crippen LogP contribution in [-0.4, -0.2) is 48.2 Å². The van der Waals surface area contributed by atoms with Gasteiger partial charge in [0.05, 0.1) is 5.02 Å². The highest BCUT2D eigenvalue weighted by atomic mass is 35.5. The third kappa shape index (κ3) is 4.84. The fraction of sp³-hybridized carbons (Fsp3) is 0.667. The van der Waals surface area contributed by atoms with Gasteiger partial charge in [-0.25, -0.2) is 8.78 Å². The number of likely N-dealkylation sites (tertiary alicyclic amines) is 1. The van der Waals surface area contributed by atoms with E-state index in [0.29, 0.717) is 31.0 Å². The van der Waals surface area contributed by atoms with Crippen LogP contribution in [0, 0.1) is 11.6 Å². The molecule has 1 aromatic carbocycles. The van der Waals surface area contributed by atoms with Gasteiger partial charge in [0.15, 0.2) is 11.6 Å². The summed E-state index contributed by atoms with van der Waals surface area (Å²) in [5.74, 6) is -2.46. The van der Waals surface area contributed by atoms with E-state index < -0.39 is 23.3 Å². The number of carbonyl (C=O) groups excluding carboxylic acids is 1. The number of nitrogens with one attached hydrogen (secondary N) is 1. The summed E-state index contributed by atoms with van der Waals surface area (Å²) in [6.07, 6.45) is 3.01. The first kappa shape index (κ1) is 21.5. The van der Waals surface area contributed by atoms with E-state index in [1.807, 2.05) is 20.8 Å². The quantitative estimate of drug-likeness (QED) is 0.592. The first-order valence-corrected chi connectivity index (χ1v) is 10.4. The number of ether oxygens (including phenoxy) is 1. The van der Waals surface area contributed by atoms with Crippen molar-refractivity contribution in [3.8, 4) is 0 Å². The Labute approximate surface area is 170 Å². The van der Waals surface area contributed by atoms with Crippen LogP contribution < -0.4 is 5.32 Å². The SMILES string of the molecule is CC(C)(C)OC(=O)C1CC(c2ccc(Cl)c(F)c2F)CCN1C1CCNCC1. The van der Waals surface area contributed by atoms with Crippen LogP contribution in [0.5, 0.6) is 0 Å². The molecule has 0 radical (unpaired) electrons. The van der Waals surface area contributed by atoms with Crippen LogP contribution in [0.25, 0.3) is 0 Å². The van der Waals surface area contributed by atoms with Crippen molar-refractivity contribution in [2.45, 2.75) is 70.1 Å². The van der Waals surface area contributed by atoms with Gasteiger partial charge in [-0.3, -0.25) is 9.69 Å². The van der Waals surface area contributed by atoms with E-state index in [0.717, 1.165) is 25.9 Å². The molecule has 2 saturated heterocycles. The van der Waals surface area contributed by atoms with Crippen molar-refractivity contribution in [3.63, 3.8) is 0 Å². The predicted octanol–water partition coefficient (Wildman–Crippen LogP) is 4.26. The Bertz CT molecular complexity index is 717. The summed E-state index contributed by atoms with van der Waals surface area (Å²) in [6.45, 7) is 8.02. The molecule has 2 unspecified atom stereocenters. The van der Waals surface area contributed by atoms with Crippen LogP contribution in [0.1, 0.15) is 57.9 Å². The number of nitrogens with zero attached hydrogens (tertiary/aromatic N) is 1. The number of hydrogen-bond acceptors (Lipinski definition) is 4. The summed E-state index contributed by atoms with van der Waals surface area (Å²) < 4.78 is 34.1. The predicted molar refractivity (Wildman–Crippen MR) is 106 cm³/mol. The number of hydrogen-bond donors (Lipinski definition) is 1. The molecular formula is C21H29ClF2N2O2. The van der Waals surface area contributed by atoms with Crippen LogP contribution in [0.2, 0.25) is 5.02 Å². The zero-order valence-electron chi connectivity index (χ0n) is 16.7. The Morgan fingerprint density at radius 1 is 1.18 bits per heavy atom. The van der Waals surface area contributed by atoms with E-state index in [9.17, 15) is 13.6 Å². The molecule has 2 atom stereocenters. The van der Waals surface area contributed by atoms with Gasteiger partial charge in [-0.1, -0.05) is 17.7 Å². The zero-order chi connectivity index (χ0) is 20.5. The lowest BCUT2D eigenvalue weighted by molar-refractivity contribution is -0.164. The lowest BCUT2D eigenvalue weighted by atomic mass is 9.83. The molecule has 2 aliphatic rings. The second-order valence-electron chi connectivity index (χ2n) is 8.75. The second kappa shape index (κ2) is 8.64. The van der Waals surface area contributed by atoms with Crippen LogP contribution in [0.3, 0.4) is 0 Å². The van der Waals surface area contributed by atoms with E-state index in [1.54, 1.807) is 0 Å². The van der Waals surface area contributed by atoms with Crippen LogP contribution in [0.15, 0.2) is 12.1 Å². The molecule has 4 nitrogen and oxygen atoms in total. The Balaban J connectivity index is 1.85. The fourth-order valence-corrected chi connectivity index (χ4v) is 4.44. The van der Waals surface area contributed by atoms with E-state index in [-0.39, 0.29) is 16.9 Å². The average molecular weight is 415 g/mol. The molecule has 0 aliphatic carbocycles. The molecule has 0 saturated carbocycles. The molecule has 0 amide bonds. The van der Waals surface area contributed by atoms with Crippen molar-refractivity contribution in [1.82, 2.24) is 10.2 Å². The fourth-order valence-electron chi connectivity index (χ4n) is 4.30. The van der Waals surface area contributed by atoms with Gasteiger partial charge in [-0.05, 0) is 83.6 Å². The van der Waals surface area contributed by atoms with Crippen molar-refractivity contribution in [3.05, 3.63) is 34.4 Å². The minimum absolute atomic E-state index is 0.225. The van der Waals surface area contributed by atoms with E-state index in [1.165, 1.54) is 12.1 Å². The lowest BCUT2D eigenvalue weighted by Gasteiger charge is -2.44. The molecule has 0 spiro atoms. The van der Waals surface area contributed by atoms with Crippen molar-refractivity contribution in [2.75, 3.05) is 19.6 Å². The molecule has 2 aliphatic heterocycles. The second-order valence-corrected chi connectivity index (χ2v) is 9.16. The normalized spacial score (nSPS) is 24.9. The lowest BCUT2D eigenvalue weighted by Crippen LogP contribution is -2.55. The van der Waals surface area contributed by atoms with E-state index in [4.69, 9.17) is 16.3 Å². The number of rotatable bonds is 3. The van der Waals surface area contributed by atoms with Crippen LogP contribution in [0.4, 0.5) is 8.78 Å². The van der Waals surface area contributed by atoms with Crippen molar-refractivity contribution in [1.29, 1.82) is 0 Å². The third-order valence-electron chi connectivity index (χ3n) is 5.61. The Morgan fingerprint density at radius 3 is 2.50 bits per heavy atom. The van der Waals surface area contributed by atoms with Crippen molar-refractivity contribution in [2.24, 2.45) is 0 Å². The average Bonchev–Trinajstić information content (AvgIpc) is 2.65. The summed E-state index contributed by atoms with van der Waals surface area (Å²) in [7, 11) is 0. The monoisotopic (exact) mass is 414 g/mol. The number of halogens is 3. The maximum Gasteiger partial charge on any atom is 0.323 e. The van der Waals surface area contributed by atoms with Crippen molar-refractivity contribution < 1.29 is 18.3 Å². The summed E-state index contributed by atoms with van der Waals surface area (Å²) in [5.41, 5.74) is -0.304. The molecule has 1 N–H and O–H groups in total. The zero-order valence-corrected chi connectivity index (χ0v) is 17.5. The van der Waals surface area contributed by atoms with Gasteiger partial charge in [0.2, 0.25) is 0 Å². The van der Waals surface area contributed by atoms with Crippen molar-refractivity contribution >= 4 is 17.6 Å².